The first-order valence-electron chi connectivity index (χ1n) is 6.09. The molecule has 3 atom stereocenters. The summed E-state index contributed by atoms with van der Waals surface area (Å²) in [5.41, 5.74) is -1.11. The van der Waals surface area contributed by atoms with E-state index in [1.807, 2.05) is 0 Å². The standard InChI is InChI=1S/C13H15O6P/c14-11(15)7-13(6-10(13)12(16)17)8-20(18,19)9-4-2-1-3-5-9/h1-5,10H,6-8H2,(H,14,15)(H,16,17)(H,18,19). The lowest BCUT2D eigenvalue weighted by molar-refractivity contribution is -0.140. The summed E-state index contributed by atoms with van der Waals surface area (Å²) >= 11 is 0. The summed E-state index contributed by atoms with van der Waals surface area (Å²) in [5.74, 6) is -3.12. The Balaban J connectivity index is 2.24. The van der Waals surface area contributed by atoms with Crippen LogP contribution in [0.3, 0.4) is 0 Å². The third-order valence-electron chi connectivity index (χ3n) is 3.68. The maximum atomic E-state index is 12.4. The number of rotatable bonds is 6. The normalized spacial score (nSPS) is 27.6. The molecule has 108 valence electrons. The molecule has 0 heterocycles. The van der Waals surface area contributed by atoms with Crippen molar-refractivity contribution in [2.75, 3.05) is 6.16 Å². The van der Waals surface area contributed by atoms with E-state index >= 15 is 0 Å². The maximum Gasteiger partial charge on any atom is 0.307 e. The Hall–Kier alpha value is -1.65. The fourth-order valence-corrected chi connectivity index (χ4v) is 4.74. The van der Waals surface area contributed by atoms with E-state index in [1.165, 1.54) is 12.1 Å². The highest BCUT2D eigenvalue weighted by Crippen LogP contribution is 2.62. The topological polar surface area (TPSA) is 112 Å². The highest BCUT2D eigenvalue weighted by Gasteiger charge is 2.61. The minimum absolute atomic E-state index is 0.131. The lowest BCUT2D eigenvalue weighted by Gasteiger charge is -2.19. The van der Waals surface area contributed by atoms with Crippen LogP contribution < -0.4 is 5.30 Å². The fraction of sp³-hybridized carbons (Fsp3) is 0.385. The van der Waals surface area contributed by atoms with Gasteiger partial charge in [-0.05, 0) is 18.6 Å². The molecule has 1 aromatic rings. The van der Waals surface area contributed by atoms with Gasteiger partial charge in [-0.1, -0.05) is 18.2 Å². The van der Waals surface area contributed by atoms with Crippen molar-refractivity contribution >= 4 is 24.6 Å². The van der Waals surface area contributed by atoms with Gasteiger partial charge in [0.2, 0.25) is 7.37 Å². The molecular formula is C13H15O6P. The summed E-state index contributed by atoms with van der Waals surface area (Å²) in [6.45, 7) is 0. The Labute approximate surface area is 115 Å². The molecule has 1 saturated carbocycles. The van der Waals surface area contributed by atoms with E-state index in [4.69, 9.17) is 10.2 Å². The third-order valence-corrected chi connectivity index (χ3v) is 5.84. The van der Waals surface area contributed by atoms with Gasteiger partial charge in [-0.15, -0.1) is 0 Å². The third kappa shape index (κ3) is 2.92. The fourth-order valence-electron chi connectivity index (χ4n) is 2.60. The molecule has 0 bridgehead atoms. The number of benzene rings is 1. The number of hydrogen-bond donors (Lipinski definition) is 3. The summed E-state index contributed by atoms with van der Waals surface area (Å²) in [6, 6.07) is 7.92. The maximum absolute atomic E-state index is 12.4. The van der Waals surface area contributed by atoms with Gasteiger partial charge in [0.1, 0.15) is 0 Å². The molecule has 0 spiro atoms. The summed E-state index contributed by atoms with van der Waals surface area (Å²) in [4.78, 5) is 32.0. The van der Waals surface area contributed by atoms with Crippen LogP contribution in [0.25, 0.3) is 0 Å². The number of aliphatic carboxylic acids is 2. The van der Waals surface area contributed by atoms with Crippen LogP contribution >= 0.6 is 7.37 Å². The van der Waals surface area contributed by atoms with Crippen LogP contribution in [0.1, 0.15) is 12.8 Å². The Morgan fingerprint density at radius 3 is 2.30 bits per heavy atom. The van der Waals surface area contributed by atoms with Crippen LogP contribution in [-0.2, 0) is 14.2 Å². The molecule has 3 N–H and O–H groups in total. The van der Waals surface area contributed by atoms with Gasteiger partial charge < -0.3 is 15.1 Å². The molecule has 0 radical (unpaired) electrons. The molecule has 7 heteroatoms. The molecule has 1 aromatic carbocycles. The van der Waals surface area contributed by atoms with Crippen molar-refractivity contribution in [1.29, 1.82) is 0 Å². The molecule has 1 aliphatic carbocycles. The molecule has 6 nitrogen and oxygen atoms in total. The van der Waals surface area contributed by atoms with Crippen LogP contribution in [0.2, 0.25) is 0 Å². The van der Waals surface area contributed by atoms with Gasteiger partial charge in [-0.3, -0.25) is 14.2 Å². The molecule has 20 heavy (non-hydrogen) atoms. The predicted octanol–water partition coefficient (Wildman–Crippen LogP) is 1.15. The lowest BCUT2D eigenvalue weighted by Crippen LogP contribution is -2.22. The van der Waals surface area contributed by atoms with Gasteiger partial charge in [0.25, 0.3) is 0 Å². The Kier molecular flexibility index (Phi) is 3.71. The SMILES string of the molecule is O=C(O)CC1(CP(=O)(O)c2ccccc2)CC1C(=O)O. The molecule has 0 aliphatic heterocycles. The first-order valence-corrected chi connectivity index (χ1v) is 7.93. The quantitative estimate of drug-likeness (QED) is 0.679. The van der Waals surface area contributed by atoms with E-state index in [0.29, 0.717) is 0 Å². The largest absolute Gasteiger partial charge is 0.481 e. The van der Waals surface area contributed by atoms with Crippen LogP contribution in [-0.4, -0.2) is 33.2 Å². The first-order chi connectivity index (χ1) is 9.27. The van der Waals surface area contributed by atoms with Gasteiger partial charge in [-0.25, -0.2) is 0 Å². The lowest BCUT2D eigenvalue weighted by atomic mass is 10.0. The first kappa shape index (κ1) is 14.8. The van der Waals surface area contributed by atoms with Crippen molar-refractivity contribution in [3.05, 3.63) is 30.3 Å². The molecule has 1 aliphatic rings. The van der Waals surface area contributed by atoms with E-state index in [9.17, 15) is 19.0 Å². The van der Waals surface area contributed by atoms with Gasteiger partial charge in [-0.2, -0.15) is 0 Å². The van der Waals surface area contributed by atoms with Gasteiger partial charge >= 0.3 is 11.9 Å². The predicted molar refractivity (Wildman–Crippen MR) is 71.2 cm³/mol. The Bertz CT molecular complexity index is 584. The summed E-state index contributed by atoms with van der Waals surface area (Å²) in [5, 5.41) is 18.1. The van der Waals surface area contributed by atoms with Crippen molar-refractivity contribution in [3.63, 3.8) is 0 Å². The van der Waals surface area contributed by atoms with Crippen molar-refractivity contribution in [1.82, 2.24) is 0 Å². The van der Waals surface area contributed by atoms with Gasteiger partial charge in [0, 0.05) is 16.9 Å². The van der Waals surface area contributed by atoms with Crippen LogP contribution in [0, 0.1) is 11.3 Å². The molecule has 0 amide bonds. The van der Waals surface area contributed by atoms with Gasteiger partial charge in [0.05, 0.1) is 12.3 Å². The second-order valence-corrected chi connectivity index (χ2v) is 7.46. The minimum atomic E-state index is -3.76. The van der Waals surface area contributed by atoms with Crippen molar-refractivity contribution in [2.24, 2.45) is 11.3 Å². The minimum Gasteiger partial charge on any atom is -0.481 e. The van der Waals surface area contributed by atoms with E-state index in [2.05, 4.69) is 0 Å². The van der Waals surface area contributed by atoms with Crippen molar-refractivity contribution in [3.8, 4) is 0 Å². The Morgan fingerprint density at radius 1 is 1.25 bits per heavy atom. The van der Waals surface area contributed by atoms with Crippen molar-refractivity contribution < 1.29 is 29.3 Å². The molecule has 0 aromatic heterocycles. The van der Waals surface area contributed by atoms with Crippen molar-refractivity contribution in [2.45, 2.75) is 12.8 Å². The van der Waals surface area contributed by atoms with Crippen LogP contribution in [0.4, 0.5) is 0 Å². The summed E-state index contributed by atoms with van der Waals surface area (Å²) < 4.78 is 12.4. The zero-order chi connectivity index (χ0) is 15.0. The van der Waals surface area contributed by atoms with Crippen LogP contribution in [0.15, 0.2) is 30.3 Å². The van der Waals surface area contributed by atoms with Gasteiger partial charge in [0.15, 0.2) is 0 Å². The molecular weight excluding hydrogens is 283 g/mol. The van der Waals surface area contributed by atoms with Crippen LogP contribution in [0.5, 0.6) is 0 Å². The zero-order valence-electron chi connectivity index (χ0n) is 10.6. The monoisotopic (exact) mass is 298 g/mol. The molecule has 1 fully saturated rings. The second-order valence-electron chi connectivity index (χ2n) is 5.22. The van der Waals surface area contributed by atoms with E-state index < -0.39 is 37.1 Å². The Morgan fingerprint density at radius 2 is 1.85 bits per heavy atom. The number of carbonyl (C=O) groups is 2. The molecule has 0 saturated heterocycles. The number of carboxylic acids is 2. The summed E-state index contributed by atoms with van der Waals surface area (Å²) in [7, 11) is -3.76. The number of carboxylic acid groups (broad SMARTS) is 2. The second kappa shape index (κ2) is 5.04. The average molecular weight is 298 g/mol. The van der Waals surface area contributed by atoms with E-state index in [0.717, 1.165) is 0 Å². The molecule has 2 rings (SSSR count). The smallest absolute Gasteiger partial charge is 0.307 e. The zero-order valence-corrected chi connectivity index (χ0v) is 11.5. The van der Waals surface area contributed by atoms with E-state index in [-0.39, 0.29) is 17.9 Å². The molecule has 3 unspecified atom stereocenters. The van der Waals surface area contributed by atoms with E-state index in [1.54, 1.807) is 18.2 Å². The summed E-state index contributed by atoms with van der Waals surface area (Å²) in [6.07, 6.45) is -0.583. The average Bonchev–Trinajstić information content (AvgIpc) is 3.02. The highest BCUT2D eigenvalue weighted by molar-refractivity contribution is 7.66. The highest BCUT2D eigenvalue weighted by atomic mass is 31.2. The number of hydrogen-bond acceptors (Lipinski definition) is 3.